The molecule has 30 heavy (non-hydrogen) atoms. The fourth-order valence-electron chi connectivity index (χ4n) is 3.43. The minimum absolute atomic E-state index is 0.229. The molecule has 1 aliphatic rings. The van der Waals surface area contributed by atoms with Gasteiger partial charge in [0.15, 0.2) is 0 Å². The minimum Gasteiger partial charge on any atom is -0.335 e. The lowest BCUT2D eigenvalue weighted by atomic mass is 10.2. The molecule has 0 N–H and O–H groups in total. The van der Waals surface area contributed by atoms with Gasteiger partial charge in [0.1, 0.15) is 16.5 Å². The van der Waals surface area contributed by atoms with Crippen molar-refractivity contribution in [3.05, 3.63) is 57.0 Å². The van der Waals surface area contributed by atoms with Crippen molar-refractivity contribution in [1.82, 2.24) is 14.2 Å². The highest BCUT2D eigenvalue weighted by atomic mass is 32.2. The third-order valence-electron chi connectivity index (χ3n) is 4.97. The van der Waals surface area contributed by atoms with E-state index < -0.39 is 10.0 Å². The summed E-state index contributed by atoms with van der Waals surface area (Å²) in [6.45, 7) is 4.72. The van der Waals surface area contributed by atoms with Crippen molar-refractivity contribution < 1.29 is 17.6 Å². The summed E-state index contributed by atoms with van der Waals surface area (Å²) in [5.74, 6) is -0.655. The summed E-state index contributed by atoms with van der Waals surface area (Å²) in [5, 5.41) is 2.06. The molecule has 0 spiro atoms. The Kier molecular flexibility index (Phi) is 5.75. The van der Waals surface area contributed by atoms with Gasteiger partial charge < -0.3 is 4.90 Å². The fourth-order valence-corrected chi connectivity index (χ4v) is 7.19. The van der Waals surface area contributed by atoms with Crippen LogP contribution < -0.4 is 0 Å². The van der Waals surface area contributed by atoms with E-state index in [9.17, 15) is 17.6 Å². The van der Waals surface area contributed by atoms with Gasteiger partial charge in [0.2, 0.25) is 10.0 Å². The molecule has 1 fully saturated rings. The average Bonchev–Trinajstić information content (AvgIpc) is 3.34. The third kappa shape index (κ3) is 3.92. The molecule has 2 aromatic heterocycles. The Morgan fingerprint density at radius 2 is 1.83 bits per heavy atom. The van der Waals surface area contributed by atoms with Gasteiger partial charge in [0, 0.05) is 46.9 Å². The number of thiazole rings is 1. The van der Waals surface area contributed by atoms with Gasteiger partial charge in [-0.25, -0.2) is 17.8 Å². The van der Waals surface area contributed by atoms with Gasteiger partial charge in [-0.15, -0.1) is 22.7 Å². The standard InChI is InChI=1S/C20H20FN3O3S3/c1-13-11-18(14(2)29-13)30(26,27)24-9-7-23(8-10-24)20(25)17-12-28-19(22-17)15-5-3-4-6-16(15)21/h3-6,11-12H,7-10H2,1-2H3. The molecular formula is C20H20FN3O3S3. The van der Waals surface area contributed by atoms with Crippen LogP contribution in [0.3, 0.4) is 0 Å². The number of hydrogen-bond acceptors (Lipinski definition) is 6. The van der Waals surface area contributed by atoms with Crippen LogP contribution in [0, 0.1) is 19.7 Å². The lowest BCUT2D eigenvalue weighted by Crippen LogP contribution is -2.50. The molecule has 3 aromatic rings. The molecule has 0 unspecified atom stereocenters. The number of carbonyl (C=O) groups is 1. The van der Waals surface area contributed by atoms with Gasteiger partial charge >= 0.3 is 0 Å². The second-order valence-electron chi connectivity index (χ2n) is 6.99. The zero-order chi connectivity index (χ0) is 21.5. The van der Waals surface area contributed by atoms with Crippen molar-refractivity contribution in [3.63, 3.8) is 0 Å². The lowest BCUT2D eigenvalue weighted by molar-refractivity contribution is 0.0693. The summed E-state index contributed by atoms with van der Waals surface area (Å²) in [6, 6.07) is 8.00. The zero-order valence-electron chi connectivity index (χ0n) is 16.5. The quantitative estimate of drug-likeness (QED) is 0.588. The van der Waals surface area contributed by atoms with E-state index >= 15 is 0 Å². The second-order valence-corrected chi connectivity index (χ2v) is 11.2. The van der Waals surface area contributed by atoms with E-state index in [1.807, 2.05) is 6.92 Å². The Hall–Kier alpha value is -2.14. The molecule has 1 aromatic carbocycles. The van der Waals surface area contributed by atoms with E-state index in [4.69, 9.17) is 0 Å². The summed E-state index contributed by atoms with van der Waals surface area (Å²) in [6.07, 6.45) is 0. The molecule has 1 saturated heterocycles. The maximum absolute atomic E-state index is 14.0. The maximum Gasteiger partial charge on any atom is 0.273 e. The van der Waals surface area contributed by atoms with Gasteiger partial charge in [-0.05, 0) is 32.0 Å². The number of halogens is 1. The first-order chi connectivity index (χ1) is 14.3. The summed E-state index contributed by atoms with van der Waals surface area (Å²) < 4.78 is 41.3. The summed E-state index contributed by atoms with van der Waals surface area (Å²) in [5.41, 5.74) is 0.609. The maximum atomic E-state index is 14.0. The number of thiophene rings is 1. The van der Waals surface area contributed by atoms with E-state index in [2.05, 4.69) is 4.98 Å². The number of aryl methyl sites for hydroxylation is 2. The van der Waals surface area contributed by atoms with Crippen molar-refractivity contribution in [2.24, 2.45) is 0 Å². The molecule has 1 amide bonds. The molecule has 1 aliphatic heterocycles. The van der Waals surface area contributed by atoms with Crippen LogP contribution in [0.4, 0.5) is 4.39 Å². The predicted octanol–water partition coefficient (Wildman–Crippen LogP) is 3.77. The number of benzene rings is 1. The Balaban J connectivity index is 1.45. The molecule has 0 bridgehead atoms. The van der Waals surface area contributed by atoms with Crippen LogP contribution in [-0.2, 0) is 10.0 Å². The van der Waals surface area contributed by atoms with E-state index in [0.717, 1.165) is 9.75 Å². The highest BCUT2D eigenvalue weighted by molar-refractivity contribution is 7.89. The highest BCUT2D eigenvalue weighted by Gasteiger charge is 2.32. The number of carbonyl (C=O) groups excluding carboxylic acids is 1. The van der Waals surface area contributed by atoms with Gasteiger partial charge in [-0.1, -0.05) is 12.1 Å². The molecule has 6 nitrogen and oxygen atoms in total. The lowest BCUT2D eigenvalue weighted by Gasteiger charge is -2.33. The molecular weight excluding hydrogens is 445 g/mol. The summed E-state index contributed by atoms with van der Waals surface area (Å²) >= 11 is 2.67. The monoisotopic (exact) mass is 465 g/mol. The number of rotatable bonds is 4. The number of nitrogens with zero attached hydrogens (tertiary/aromatic N) is 3. The topological polar surface area (TPSA) is 70.6 Å². The molecule has 0 aliphatic carbocycles. The number of sulfonamides is 1. The van der Waals surface area contributed by atoms with Crippen LogP contribution in [0.2, 0.25) is 0 Å². The van der Waals surface area contributed by atoms with Crippen LogP contribution in [-0.4, -0.2) is 54.7 Å². The molecule has 4 rings (SSSR count). The largest absolute Gasteiger partial charge is 0.335 e. The minimum atomic E-state index is -3.57. The smallest absolute Gasteiger partial charge is 0.273 e. The van der Waals surface area contributed by atoms with E-state index in [1.54, 1.807) is 41.5 Å². The molecule has 10 heteroatoms. The second kappa shape index (κ2) is 8.18. The van der Waals surface area contributed by atoms with E-state index in [1.165, 1.54) is 33.0 Å². The average molecular weight is 466 g/mol. The molecule has 3 heterocycles. The zero-order valence-corrected chi connectivity index (χ0v) is 18.9. The highest BCUT2D eigenvalue weighted by Crippen LogP contribution is 2.29. The van der Waals surface area contributed by atoms with E-state index in [-0.39, 0.29) is 43.6 Å². The first-order valence-electron chi connectivity index (χ1n) is 9.34. The van der Waals surface area contributed by atoms with Gasteiger partial charge in [-0.3, -0.25) is 4.79 Å². The Labute approximate surface area is 182 Å². The Bertz CT molecular complexity index is 1190. The van der Waals surface area contributed by atoms with Crippen molar-refractivity contribution >= 4 is 38.6 Å². The molecule has 0 atom stereocenters. The van der Waals surface area contributed by atoms with Crippen LogP contribution in [0.15, 0.2) is 40.6 Å². The molecule has 0 radical (unpaired) electrons. The predicted molar refractivity (Wildman–Crippen MR) is 116 cm³/mol. The van der Waals surface area contributed by atoms with Crippen LogP contribution in [0.25, 0.3) is 10.6 Å². The van der Waals surface area contributed by atoms with Crippen LogP contribution >= 0.6 is 22.7 Å². The van der Waals surface area contributed by atoms with Gasteiger partial charge in [-0.2, -0.15) is 4.31 Å². The van der Waals surface area contributed by atoms with Crippen molar-refractivity contribution in [1.29, 1.82) is 0 Å². The molecule has 0 saturated carbocycles. The number of hydrogen-bond donors (Lipinski definition) is 0. The van der Waals surface area contributed by atoms with Crippen LogP contribution in [0.1, 0.15) is 20.2 Å². The van der Waals surface area contributed by atoms with Crippen molar-refractivity contribution in [2.75, 3.05) is 26.2 Å². The summed E-state index contributed by atoms with van der Waals surface area (Å²) in [4.78, 5) is 20.8. The first kappa shape index (κ1) is 21.1. The van der Waals surface area contributed by atoms with Crippen LogP contribution in [0.5, 0.6) is 0 Å². The fraction of sp³-hybridized carbons (Fsp3) is 0.300. The number of amides is 1. The SMILES string of the molecule is Cc1cc(S(=O)(=O)N2CCN(C(=O)c3csc(-c4ccccc4F)n3)CC2)c(C)s1. The van der Waals surface area contributed by atoms with Gasteiger partial charge in [0.05, 0.1) is 4.90 Å². The number of piperazine rings is 1. The normalized spacial score (nSPS) is 15.5. The number of aromatic nitrogens is 1. The Morgan fingerprint density at radius 1 is 1.13 bits per heavy atom. The van der Waals surface area contributed by atoms with E-state index in [0.29, 0.717) is 15.5 Å². The molecule has 158 valence electrons. The van der Waals surface area contributed by atoms with Crippen molar-refractivity contribution in [3.8, 4) is 10.6 Å². The first-order valence-corrected chi connectivity index (χ1v) is 12.5. The van der Waals surface area contributed by atoms with Gasteiger partial charge in [0.25, 0.3) is 5.91 Å². The summed E-state index contributed by atoms with van der Waals surface area (Å²) in [7, 11) is -3.57. The third-order valence-corrected chi connectivity index (χ3v) is 8.96. The van der Waals surface area contributed by atoms with Crippen molar-refractivity contribution in [2.45, 2.75) is 18.7 Å². The Morgan fingerprint density at radius 3 is 2.47 bits per heavy atom.